The number of pyridine rings is 1. The molecule has 3 nitrogen and oxygen atoms in total. The van der Waals surface area contributed by atoms with Gasteiger partial charge in [0.2, 0.25) is 0 Å². The largest absolute Gasteiger partial charge is 0.331 e. The van der Waals surface area contributed by atoms with Crippen LogP contribution in [0.5, 0.6) is 0 Å². The van der Waals surface area contributed by atoms with E-state index in [2.05, 4.69) is 31.0 Å². The topological polar surface area (TPSA) is 33.2 Å². The van der Waals surface area contributed by atoms with E-state index in [0.29, 0.717) is 5.92 Å². The lowest BCUT2D eigenvalue weighted by atomic mass is 9.89. The fourth-order valence-corrected chi connectivity index (χ4v) is 3.00. The molecule has 0 spiro atoms. The standard InChI is InChI=1S/C18H20N2O/c1-13(2)12-20-17(15-7-5-9-19-11-15)10-14-6-3-4-8-16(14)18(20)21/h3-9,11,13,17H,10,12H2,1-2H3/t17-/m0/s1. The molecule has 3 rings (SSSR count). The molecule has 0 unspecified atom stereocenters. The summed E-state index contributed by atoms with van der Waals surface area (Å²) in [6, 6.07) is 12.0. The molecule has 0 N–H and O–H groups in total. The average Bonchev–Trinajstić information content (AvgIpc) is 2.50. The Labute approximate surface area is 125 Å². The second-order valence-electron chi connectivity index (χ2n) is 6.01. The van der Waals surface area contributed by atoms with E-state index >= 15 is 0 Å². The van der Waals surface area contributed by atoms with Gasteiger partial charge in [0.1, 0.15) is 0 Å². The Morgan fingerprint density at radius 1 is 1.24 bits per heavy atom. The minimum absolute atomic E-state index is 0.0866. The molecule has 0 saturated carbocycles. The molecule has 1 aromatic heterocycles. The van der Waals surface area contributed by atoms with E-state index in [4.69, 9.17) is 0 Å². The maximum Gasteiger partial charge on any atom is 0.254 e. The van der Waals surface area contributed by atoms with E-state index in [0.717, 1.165) is 29.7 Å². The van der Waals surface area contributed by atoms with Crippen LogP contribution in [-0.4, -0.2) is 22.3 Å². The van der Waals surface area contributed by atoms with Gasteiger partial charge < -0.3 is 4.90 Å². The van der Waals surface area contributed by atoms with Crippen LogP contribution in [0.25, 0.3) is 0 Å². The number of carbonyl (C=O) groups is 1. The predicted molar refractivity (Wildman–Crippen MR) is 83.0 cm³/mol. The summed E-state index contributed by atoms with van der Waals surface area (Å²) in [7, 11) is 0. The highest BCUT2D eigenvalue weighted by atomic mass is 16.2. The summed E-state index contributed by atoms with van der Waals surface area (Å²) in [6.07, 6.45) is 4.51. The molecule has 1 aliphatic heterocycles. The maximum absolute atomic E-state index is 12.8. The van der Waals surface area contributed by atoms with Crippen molar-refractivity contribution in [3.63, 3.8) is 0 Å². The van der Waals surface area contributed by atoms with Crippen molar-refractivity contribution in [2.24, 2.45) is 5.92 Å². The fourth-order valence-electron chi connectivity index (χ4n) is 3.00. The Morgan fingerprint density at radius 2 is 2.05 bits per heavy atom. The molecule has 0 bridgehead atoms. The quantitative estimate of drug-likeness (QED) is 0.862. The predicted octanol–water partition coefficient (Wildman–Crippen LogP) is 3.48. The first-order valence-corrected chi connectivity index (χ1v) is 7.45. The number of amides is 1. The third-order valence-electron chi connectivity index (χ3n) is 3.93. The maximum atomic E-state index is 12.8. The number of rotatable bonds is 3. The van der Waals surface area contributed by atoms with Gasteiger partial charge in [-0.05, 0) is 35.6 Å². The highest BCUT2D eigenvalue weighted by Crippen LogP contribution is 2.33. The van der Waals surface area contributed by atoms with Crippen molar-refractivity contribution in [3.8, 4) is 0 Å². The first-order valence-electron chi connectivity index (χ1n) is 7.45. The summed E-state index contributed by atoms with van der Waals surface area (Å²) in [5.41, 5.74) is 3.09. The molecule has 0 aliphatic carbocycles. The molecule has 2 heterocycles. The van der Waals surface area contributed by atoms with Crippen molar-refractivity contribution in [1.82, 2.24) is 9.88 Å². The highest BCUT2D eigenvalue weighted by molar-refractivity contribution is 5.97. The first kappa shape index (κ1) is 13.8. The third-order valence-corrected chi connectivity index (χ3v) is 3.93. The normalized spacial score (nSPS) is 18.0. The van der Waals surface area contributed by atoms with Gasteiger partial charge in [0.15, 0.2) is 0 Å². The van der Waals surface area contributed by atoms with Crippen molar-refractivity contribution in [2.75, 3.05) is 6.54 Å². The molecular weight excluding hydrogens is 260 g/mol. The van der Waals surface area contributed by atoms with Crippen molar-refractivity contribution in [1.29, 1.82) is 0 Å². The van der Waals surface area contributed by atoms with Gasteiger partial charge in [-0.3, -0.25) is 9.78 Å². The SMILES string of the molecule is CC(C)CN1C(=O)c2ccccc2C[C@H]1c1cccnc1. The smallest absolute Gasteiger partial charge is 0.254 e. The monoisotopic (exact) mass is 280 g/mol. The number of aromatic nitrogens is 1. The molecule has 1 atom stereocenters. The number of carbonyl (C=O) groups excluding carboxylic acids is 1. The van der Waals surface area contributed by atoms with Gasteiger partial charge in [-0.15, -0.1) is 0 Å². The van der Waals surface area contributed by atoms with Crippen molar-refractivity contribution in [2.45, 2.75) is 26.3 Å². The second kappa shape index (κ2) is 5.68. The molecule has 1 aliphatic rings. The second-order valence-corrected chi connectivity index (χ2v) is 6.01. The van der Waals surface area contributed by atoms with E-state index in [-0.39, 0.29) is 11.9 Å². The van der Waals surface area contributed by atoms with Gasteiger partial charge in [0.05, 0.1) is 6.04 Å². The Morgan fingerprint density at radius 3 is 2.76 bits per heavy atom. The number of fused-ring (bicyclic) bond motifs is 1. The molecule has 2 aromatic rings. The van der Waals surface area contributed by atoms with Crippen LogP contribution in [0.2, 0.25) is 0 Å². The van der Waals surface area contributed by atoms with Crippen LogP contribution in [0.1, 0.15) is 41.4 Å². The van der Waals surface area contributed by atoms with Gasteiger partial charge in [-0.1, -0.05) is 38.1 Å². The van der Waals surface area contributed by atoms with E-state index < -0.39 is 0 Å². The summed E-state index contributed by atoms with van der Waals surface area (Å²) >= 11 is 0. The third kappa shape index (κ3) is 2.68. The van der Waals surface area contributed by atoms with Gasteiger partial charge in [-0.2, -0.15) is 0 Å². The van der Waals surface area contributed by atoms with Gasteiger partial charge in [0, 0.05) is 24.5 Å². The van der Waals surface area contributed by atoms with Crippen LogP contribution in [0.3, 0.4) is 0 Å². The molecule has 0 fully saturated rings. The lowest BCUT2D eigenvalue weighted by molar-refractivity contribution is 0.0619. The average molecular weight is 280 g/mol. The van der Waals surface area contributed by atoms with Gasteiger partial charge in [0.25, 0.3) is 5.91 Å². The van der Waals surface area contributed by atoms with Crippen LogP contribution < -0.4 is 0 Å². The molecule has 21 heavy (non-hydrogen) atoms. The van der Waals surface area contributed by atoms with E-state index in [1.807, 2.05) is 35.4 Å². The van der Waals surface area contributed by atoms with Crippen molar-refractivity contribution < 1.29 is 4.79 Å². The zero-order valence-electron chi connectivity index (χ0n) is 12.5. The Balaban J connectivity index is 2.03. The lowest BCUT2D eigenvalue weighted by Crippen LogP contribution is -2.42. The van der Waals surface area contributed by atoms with Crippen LogP contribution in [-0.2, 0) is 6.42 Å². The molecule has 1 amide bonds. The molecule has 1 aromatic carbocycles. The summed E-state index contributed by atoms with van der Waals surface area (Å²) < 4.78 is 0. The number of benzene rings is 1. The molecule has 0 saturated heterocycles. The Hall–Kier alpha value is -2.16. The summed E-state index contributed by atoms with van der Waals surface area (Å²) in [6.45, 7) is 5.06. The van der Waals surface area contributed by atoms with Crippen LogP contribution in [0.4, 0.5) is 0 Å². The molecule has 0 radical (unpaired) electrons. The zero-order chi connectivity index (χ0) is 14.8. The minimum Gasteiger partial charge on any atom is -0.331 e. The Kier molecular flexibility index (Phi) is 3.74. The summed E-state index contributed by atoms with van der Waals surface area (Å²) in [5, 5.41) is 0. The van der Waals surface area contributed by atoms with Crippen LogP contribution in [0.15, 0.2) is 48.8 Å². The van der Waals surface area contributed by atoms with E-state index in [9.17, 15) is 4.79 Å². The molecular formula is C18H20N2O. The Bertz CT molecular complexity index is 637. The van der Waals surface area contributed by atoms with Crippen molar-refractivity contribution in [3.05, 3.63) is 65.5 Å². The van der Waals surface area contributed by atoms with Crippen molar-refractivity contribution >= 4 is 5.91 Å². The van der Waals surface area contributed by atoms with Gasteiger partial charge >= 0.3 is 0 Å². The van der Waals surface area contributed by atoms with Gasteiger partial charge in [-0.25, -0.2) is 0 Å². The summed E-state index contributed by atoms with van der Waals surface area (Å²) in [4.78, 5) is 19.1. The van der Waals surface area contributed by atoms with E-state index in [1.165, 1.54) is 0 Å². The zero-order valence-corrected chi connectivity index (χ0v) is 12.5. The molecule has 108 valence electrons. The minimum atomic E-state index is 0.0866. The highest BCUT2D eigenvalue weighted by Gasteiger charge is 2.33. The summed E-state index contributed by atoms with van der Waals surface area (Å²) in [5.74, 6) is 0.581. The lowest BCUT2D eigenvalue weighted by Gasteiger charge is -2.38. The number of hydrogen-bond donors (Lipinski definition) is 0. The molecule has 3 heteroatoms. The number of nitrogens with zero attached hydrogens (tertiary/aromatic N) is 2. The van der Waals surface area contributed by atoms with Crippen LogP contribution >= 0.6 is 0 Å². The number of hydrogen-bond acceptors (Lipinski definition) is 2. The van der Waals surface area contributed by atoms with Crippen LogP contribution in [0, 0.1) is 5.92 Å². The first-order chi connectivity index (χ1) is 10.2. The fraction of sp³-hybridized carbons (Fsp3) is 0.333. The van der Waals surface area contributed by atoms with E-state index in [1.54, 1.807) is 6.20 Å².